The van der Waals surface area contributed by atoms with Crippen LogP contribution in [-0.2, 0) is 10.0 Å². The third kappa shape index (κ3) is 3.67. The molecule has 0 aliphatic carbocycles. The molecule has 0 spiro atoms. The van der Waals surface area contributed by atoms with E-state index in [0.717, 1.165) is 0 Å². The Bertz CT molecular complexity index is 456. The van der Waals surface area contributed by atoms with Gasteiger partial charge in [0.2, 0.25) is 10.0 Å². The van der Waals surface area contributed by atoms with E-state index in [2.05, 4.69) is 0 Å². The summed E-state index contributed by atoms with van der Waals surface area (Å²) in [6.07, 6.45) is 0.694. The van der Waals surface area contributed by atoms with Gasteiger partial charge in [-0.25, -0.2) is 8.42 Å². The quantitative estimate of drug-likeness (QED) is 0.862. The molecule has 0 aromatic heterocycles. The number of rotatable bonds is 6. The maximum absolute atomic E-state index is 12.2. The third-order valence-corrected chi connectivity index (χ3v) is 4.39. The molecule has 0 bridgehead atoms. The highest BCUT2D eigenvalue weighted by Crippen LogP contribution is 2.19. The summed E-state index contributed by atoms with van der Waals surface area (Å²) in [5.74, 6) is 0. The van der Waals surface area contributed by atoms with Gasteiger partial charge in [-0.05, 0) is 24.6 Å². The molecule has 17 heavy (non-hydrogen) atoms. The fraction of sp³-hybridized carbons (Fsp3) is 0.455. The van der Waals surface area contributed by atoms with E-state index in [-0.39, 0.29) is 18.0 Å². The highest BCUT2D eigenvalue weighted by molar-refractivity contribution is 7.89. The molecule has 1 N–H and O–H groups in total. The van der Waals surface area contributed by atoms with Gasteiger partial charge >= 0.3 is 0 Å². The van der Waals surface area contributed by atoms with Gasteiger partial charge in [0.1, 0.15) is 0 Å². The second kappa shape index (κ2) is 6.35. The van der Waals surface area contributed by atoms with Crippen LogP contribution in [0.4, 0.5) is 0 Å². The van der Waals surface area contributed by atoms with Crippen molar-refractivity contribution in [3.8, 4) is 0 Å². The lowest BCUT2D eigenvalue weighted by Crippen LogP contribution is -2.34. The highest BCUT2D eigenvalue weighted by atomic mass is 35.5. The van der Waals surface area contributed by atoms with Crippen LogP contribution in [0.2, 0.25) is 5.02 Å². The molecule has 0 unspecified atom stereocenters. The van der Waals surface area contributed by atoms with Gasteiger partial charge in [-0.1, -0.05) is 24.6 Å². The molecular formula is C11H16ClNO3S. The predicted molar refractivity (Wildman–Crippen MR) is 67.6 cm³/mol. The molecule has 1 rings (SSSR count). The first-order valence-electron chi connectivity index (χ1n) is 5.39. The summed E-state index contributed by atoms with van der Waals surface area (Å²) in [7, 11) is -3.56. The van der Waals surface area contributed by atoms with E-state index in [9.17, 15) is 8.42 Å². The second-order valence-electron chi connectivity index (χ2n) is 3.59. The van der Waals surface area contributed by atoms with Crippen LogP contribution >= 0.6 is 11.6 Å². The summed E-state index contributed by atoms with van der Waals surface area (Å²) in [6, 6.07) is 6.13. The van der Waals surface area contributed by atoms with Crippen LogP contribution in [0.1, 0.15) is 13.3 Å². The molecular weight excluding hydrogens is 262 g/mol. The molecule has 1 aromatic rings. The molecule has 1 aromatic carbocycles. The lowest BCUT2D eigenvalue weighted by Gasteiger charge is -2.20. The number of aliphatic hydroxyl groups is 1. The van der Waals surface area contributed by atoms with Gasteiger partial charge in [-0.3, -0.25) is 0 Å². The zero-order valence-corrected chi connectivity index (χ0v) is 11.2. The van der Waals surface area contributed by atoms with Crippen LogP contribution < -0.4 is 0 Å². The van der Waals surface area contributed by atoms with Crippen LogP contribution in [0.25, 0.3) is 0 Å². The van der Waals surface area contributed by atoms with Gasteiger partial charge in [0, 0.05) is 18.1 Å². The zero-order valence-electron chi connectivity index (χ0n) is 9.63. The van der Waals surface area contributed by atoms with Crippen molar-refractivity contribution in [2.45, 2.75) is 18.2 Å². The minimum absolute atomic E-state index is 0.0999. The average Bonchev–Trinajstić information content (AvgIpc) is 2.29. The van der Waals surface area contributed by atoms with Gasteiger partial charge in [-0.15, -0.1) is 0 Å². The lowest BCUT2D eigenvalue weighted by atomic mass is 10.4. The Morgan fingerprint density at radius 3 is 2.59 bits per heavy atom. The summed E-state index contributed by atoms with van der Waals surface area (Å²) in [6.45, 7) is 2.18. The van der Waals surface area contributed by atoms with Crippen LogP contribution in [0.3, 0.4) is 0 Å². The van der Waals surface area contributed by atoms with E-state index in [4.69, 9.17) is 16.7 Å². The maximum Gasteiger partial charge on any atom is 0.243 e. The molecule has 0 aliphatic heterocycles. The van der Waals surface area contributed by atoms with Gasteiger partial charge in [0.25, 0.3) is 0 Å². The van der Waals surface area contributed by atoms with Crippen LogP contribution in [0, 0.1) is 0 Å². The van der Waals surface area contributed by atoms with Gasteiger partial charge in [0.05, 0.1) is 11.5 Å². The summed E-state index contributed by atoms with van der Waals surface area (Å²) in [5, 5.41) is 9.28. The number of benzene rings is 1. The number of aliphatic hydroxyl groups excluding tert-OH is 1. The van der Waals surface area contributed by atoms with Crippen molar-refractivity contribution >= 4 is 21.6 Å². The Labute approximate surface area is 107 Å². The van der Waals surface area contributed by atoms with Crippen molar-refractivity contribution in [1.29, 1.82) is 0 Å². The van der Waals surface area contributed by atoms with E-state index in [1.807, 2.05) is 6.92 Å². The van der Waals surface area contributed by atoms with Gasteiger partial charge in [0.15, 0.2) is 0 Å². The standard InChI is InChI=1S/C11H16ClNO3S/c1-2-6-13(7-8-14)17(15,16)11-5-3-4-10(12)9-11/h3-5,9,14H,2,6-8H2,1H3. The number of hydrogen-bond donors (Lipinski definition) is 1. The van der Waals surface area contributed by atoms with Crippen molar-refractivity contribution < 1.29 is 13.5 Å². The summed E-state index contributed by atoms with van der Waals surface area (Å²) < 4.78 is 25.7. The number of nitrogens with zero attached hydrogens (tertiary/aromatic N) is 1. The maximum atomic E-state index is 12.2. The van der Waals surface area contributed by atoms with Crippen LogP contribution in [0.5, 0.6) is 0 Å². The number of hydrogen-bond acceptors (Lipinski definition) is 3. The molecule has 6 heteroatoms. The molecule has 0 saturated carbocycles. The van der Waals surface area contributed by atoms with Gasteiger partial charge < -0.3 is 5.11 Å². The molecule has 0 atom stereocenters. The number of halogens is 1. The summed E-state index contributed by atoms with van der Waals surface area (Å²) >= 11 is 5.78. The third-order valence-electron chi connectivity index (χ3n) is 2.26. The minimum atomic E-state index is -3.56. The molecule has 4 nitrogen and oxygen atoms in total. The topological polar surface area (TPSA) is 57.6 Å². The fourth-order valence-electron chi connectivity index (χ4n) is 1.49. The Morgan fingerprint density at radius 1 is 1.35 bits per heavy atom. The Morgan fingerprint density at radius 2 is 2.06 bits per heavy atom. The summed E-state index contributed by atoms with van der Waals surface area (Å²) in [5.41, 5.74) is 0. The average molecular weight is 278 g/mol. The Balaban J connectivity index is 3.07. The van der Waals surface area contributed by atoms with Crippen molar-refractivity contribution in [2.24, 2.45) is 0 Å². The van der Waals surface area contributed by atoms with E-state index in [1.165, 1.54) is 16.4 Å². The molecule has 0 aliphatic rings. The smallest absolute Gasteiger partial charge is 0.243 e. The van der Waals surface area contributed by atoms with E-state index in [0.29, 0.717) is 18.0 Å². The Hall–Kier alpha value is -0.620. The molecule has 0 fully saturated rings. The fourth-order valence-corrected chi connectivity index (χ4v) is 3.31. The first kappa shape index (κ1) is 14.4. The molecule has 96 valence electrons. The normalized spacial score (nSPS) is 12.0. The van der Waals surface area contributed by atoms with Crippen LogP contribution in [-0.4, -0.2) is 37.5 Å². The second-order valence-corrected chi connectivity index (χ2v) is 5.96. The highest BCUT2D eigenvalue weighted by Gasteiger charge is 2.23. The zero-order chi connectivity index (χ0) is 12.9. The van der Waals surface area contributed by atoms with E-state index in [1.54, 1.807) is 12.1 Å². The minimum Gasteiger partial charge on any atom is -0.395 e. The van der Waals surface area contributed by atoms with Crippen molar-refractivity contribution in [1.82, 2.24) is 4.31 Å². The lowest BCUT2D eigenvalue weighted by molar-refractivity contribution is 0.253. The van der Waals surface area contributed by atoms with Crippen LogP contribution in [0.15, 0.2) is 29.2 Å². The first-order valence-corrected chi connectivity index (χ1v) is 7.20. The molecule has 0 heterocycles. The number of sulfonamides is 1. The molecule has 0 saturated heterocycles. The van der Waals surface area contributed by atoms with E-state index >= 15 is 0 Å². The molecule has 0 radical (unpaired) electrons. The van der Waals surface area contributed by atoms with Crippen molar-refractivity contribution in [3.05, 3.63) is 29.3 Å². The van der Waals surface area contributed by atoms with Gasteiger partial charge in [-0.2, -0.15) is 4.31 Å². The SMILES string of the molecule is CCCN(CCO)S(=O)(=O)c1cccc(Cl)c1. The van der Waals surface area contributed by atoms with Crippen molar-refractivity contribution in [3.63, 3.8) is 0 Å². The Kier molecular flexibility index (Phi) is 5.39. The first-order chi connectivity index (χ1) is 8.02. The monoisotopic (exact) mass is 277 g/mol. The summed E-state index contributed by atoms with van der Waals surface area (Å²) in [4.78, 5) is 0.159. The molecule has 0 amide bonds. The largest absolute Gasteiger partial charge is 0.395 e. The predicted octanol–water partition coefficient (Wildman–Crippen LogP) is 1.73. The van der Waals surface area contributed by atoms with E-state index < -0.39 is 10.0 Å². The van der Waals surface area contributed by atoms with Crippen molar-refractivity contribution in [2.75, 3.05) is 19.7 Å².